The molecule has 0 amide bonds. The molecule has 0 radical (unpaired) electrons. The van der Waals surface area contributed by atoms with E-state index in [0.717, 1.165) is 19.5 Å². The Bertz CT molecular complexity index is 613. The van der Waals surface area contributed by atoms with Crippen molar-refractivity contribution in [1.82, 2.24) is 15.1 Å². The van der Waals surface area contributed by atoms with E-state index < -0.39 is 0 Å². The van der Waals surface area contributed by atoms with E-state index >= 15 is 0 Å². The molecule has 5 nitrogen and oxygen atoms in total. The third kappa shape index (κ3) is 4.07. The molecule has 0 aliphatic rings. The zero-order chi connectivity index (χ0) is 15.1. The second kappa shape index (κ2) is 7.46. The molecule has 1 aromatic carbocycles. The van der Waals surface area contributed by atoms with Crippen LogP contribution in [-0.4, -0.2) is 22.9 Å². The van der Waals surface area contributed by atoms with Crippen molar-refractivity contribution in [1.29, 1.82) is 5.26 Å². The first-order chi connectivity index (χ1) is 10.2. The lowest BCUT2D eigenvalue weighted by molar-refractivity contribution is 0.281. The van der Waals surface area contributed by atoms with Gasteiger partial charge in [0.2, 0.25) is 5.88 Å². The van der Waals surface area contributed by atoms with Crippen molar-refractivity contribution in [3.05, 3.63) is 47.2 Å². The van der Waals surface area contributed by atoms with Gasteiger partial charge in [-0.1, -0.05) is 30.3 Å². The number of ether oxygens (including phenoxy) is 1. The number of hydrogen-bond acceptors (Lipinski definition) is 4. The number of rotatable bonds is 7. The van der Waals surface area contributed by atoms with Gasteiger partial charge < -0.3 is 10.1 Å². The largest absolute Gasteiger partial charge is 0.477 e. The van der Waals surface area contributed by atoms with Crippen molar-refractivity contribution in [3.8, 4) is 11.9 Å². The summed E-state index contributed by atoms with van der Waals surface area (Å²) in [5.74, 6) is 0.554. The van der Waals surface area contributed by atoms with Gasteiger partial charge in [0.05, 0.1) is 12.3 Å². The van der Waals surface area contributed by atoms with Gasteiger partial charge in [-0.2, -0.15) is 10.4 Å². The maximum Gasteiger partial charge on any atom is 0.230 e. The van der Waals surface area contributed by atoms with Crippen molar-refractivity contribution in [2.24, 2.45) is 7.05 Å². The lowest BCUT2D eigenvalue weighted by Crippen LogP contribution is -2.17. The summed E-state index contributed by atoms with van der Waals surface area (Å²) in [6.45, 7) is 4.10. The van der Waals surface area contributed by atoms with E-state index in [9.17, 15) is 0 Å². The summed E-state index contributed by atoms with van der Waals surface area (Å²) >= 11 is 0. The van der Waals surface area contributed by atoms with Crippen molar-refractivity contribution >= 4 is 0 Å². The predicted molar refractivity (Wildman–Crippen MR) is 80.9 cm³/mol. The van der Waals surface area contributed by atoms with Crippen LogP contribution in [0.4, 0.5) is 0 Å². The Kier molecular flexibility index (Phi) is 5.35. The van der Waals surface area contributed by atoms with E-state index in [2.05, 4.69) is 28.6 Å². The van der Waals surface area contributed by atoms with E-state index in [0.29, 0.717) is 23.7 Å². The summed E-state index contributed by atoms with van der Waals surface area (Å²) in [7, 11) is 1.79. The molecular weight excluding hydrogens is 264 g/mol. The maximum atomic E-state index is 9.08. The minimum absolute atomic E-state index is 0.523. The van der Waals surface area contributed by atoms with Gasteiger partial charge in [-0.05, 0) is 25.5 Å². The average Bonchev–Trinajstić information content (AvgIpc) is 2.77. The summed E-state index contributed by atoms with van der Waals surface area (Å²) in [5.41, 5.74) is 2.50. The van der Waals surface area contributed by atoms with Crippen LogP contribution in [-0.2, 0) is 13.6 Å². The van der Waals surface area contributed by atoms with Gasteiger partial charge in [-0.15, -0.1) is 0 Å². The van der Waals surface area contributed by atoms with Gasteiger partial charge >= 0.3 is 0 Å². The fourth-order valence-electron chi connectivity index (χ4n) is 2.13. The minimum atomic E-state index is 0.523. The Labute approximate surface area is 125 Å². The highest BCUT2D eigenvalue weighted by molar-refractivity contribution is 5.41. The van der Waals surface area contributed by atoms with Gasteiger partial charge in [0.25, 0.3) is 0 Å². The third-order valence-electron chi connectivity index (χ3n) is 3.19. The summed E-state index contributed by atoms with van der Waals surface area (Å²) in [6.07, 6.45) is 0.877. The third-order valence-corrected chi connectivity index (χ3v) is 3.19. The first-order valence-corrected chi connectivity index (χ1v) is 7.03. The molecule has 0 unspecified atom stereocenters. The van der Waals surface area contributed by atoms with Gasteiger partial charge in [0.1, 0.15) is 11.6 Å². The highest BCUT2D eigenvalue weighted by atomic mass is 16.5. The molecule has 2 aromatic rings. The van der Waals surface area contributed by atoms with Gasteiger partial charge in [0.15, 0.2) is 0 Å². The SMILES string of the molecule is Cc1nn(C)c(OCCCNCc2ccccc2)c1C#N. The molecule has 0 saturated carbocycles. The van der Waals surface area contributed by atoms with Crippen LogP contribution in [0.25, 0.3) is 0 Å². The van der Waals surface area contributed by atoms with E-state index in [1.54, 1.807) is 11.7 Å². The zero-order valence-corrected chi connectivity index (χ0v) is 12.5. The smallest absolute Gasteiger partial charge is 0.230 e. The van der Waals surface area contributed by atoms with Crippen LogP contribution in [0.1, 0.15) is 23.2 Å². The summed E-state index contributed by atoms with van der Waals surface area (Å²) < 4.78 is 7.29. The molecule has 1 aromatic heterocycles. The quantitative estimate of drug-likeness (QED) is 0.791. The van der Waals surface area contributed by atoms with Crippen LogP contribution in [0.2, 0.25) is 0 Å². The van der Waals surface area contributed by atoms with Gasteiger partial charge in [0, 0.05) is 13.6 Å². The van der Waals surface area contributed by atoms with E-state index in [1.807, 2.05) is 25.1 Å². The number of hydrogen-bond donors (Lipinski definition) is 1. The van der Waals surface area contributed by atoms with Gasteiger partial charge in [-0.3, -0.25) is 0 Å². The van der Waals surface area contributed by atoms with Crippen molar-refractivity contribution in [2.75, 3.05) is 13.2 Å². The number of benzene rings is 1. The van der Waals surface area contributed by atoms with Crippen LogP contribution >= 0.6 is 0 Å². The maximum absolute atomic E-state index is 9.08. The Morgan fingerprint density at radius 3 is 2.81 bits per heavy atom. The van der Waals surface area contributed by atoms with Crippen LogP contribution in [0.15, 0.2) is 30.3 Å². The number of nitrogens with zero attached hydrogens (tertiary/aromatic N) is 3. The van der Waals surface area contributed by atoms with Crippen LogP contribution in [0.5, 0.6) is 5.88 Å². The van der Waals surface area contributed by atoms with E-state index in [4.69, 9.17) is 10.00 Å². The second-order valence-corrected chi connectivity index (χ2v) is 4.87. The fraction of sp³-hybridized carbons (Fsp3) is 0.375. The molecule has 0 bridgehead atoms. The molecule has 1 N–H and O–H groups in total. The Balaban J connectivity index is 1.70. The zero-order valence-electron chi connectivity index (χ0n) is 12.5. The van der Waals surface area contributed by atoms with Crippen LogP contribution < -0.4 is 10.1 Å². The number of aryl methyl sites for hydroxylation is 2. The Morgan fingerprint density at radius 2 is 2.10 bits per heavy atom. The minimum Gasteiger partial charge on any atom is -0.477 e. The van der Waals surface area contributed by atoms with Crippen LogP contribution in [0.3, 0.4) is 0 Å². The monoisotopic (exact) mass is 284 g/mol. The first kappa shape index (κ1) is 15.1. The summed E-state index contributed by atoms with van der Waals surface area (Å²) in [5, 5.41) is 16.6. The summed E-state index contributed by atoms with van der Waals surface area (Å²) in [6, 6.07) is 12.4. The molecule has 0 fully saturated rings. The van der Waals surface area contributed by atoms with E-state index in [1.165, 1.54) is 5.56 Å². The Morgan fingerprint density at radius 1 is 1.33 bits per heavy atom. The van der Waals surface area contributed by atoms with Gasteiger partial charge in [-0.25, -0.2) is 4.68 Å². The number of nitriles is 1. The topological polar surface area (TPSA) is 62.9 Å². The lowest BCUT2D eigenvalue weighted by Gasteiger charge is -2.07. The normalized spacial score (nSPS) is 10.3. The molecule has 0 aliphatic carbocycles. The number of aromatic nitrogens is 2. The Hall–Kier alpha value is -2.32. The molecule has 1 heterocycles. The molecule has 2 rings (SSSR count). The lowest BCUT2D eigenvalue weighted by atomic mass is 10.2. The molecule has 0 saturated heterocycles. The highest BCUT2D eigenvalue weighted by Crippen LogP contribution is 2.19. The molecule has 21 heavy (non-hydrogen) atoms. The average molecular weight is 284 g/mol. The molecule has 0 spiro atoms. The second-order valence-electron chi connectivity index (χ2n) is 4.87. The van der Waals surface area contributed by atoms with Crippen LogP contribution in [0, 0.1) is 18.3 Å². The molecule has 0 atom stereocenters. The standard InChI is InChI=1S/C16H20N4O/c1-13-15(11-17)16(20(2)19-13)21-10-6-9-18-12-14-7-4-3-5-8-14/h3-5,7-8,18H,6,9-10,12H2,1-2H3. The highest BCUT2D eigenvalue weighted by Gasteiger charge is 2.13. The van der Waals surface area contributed by atoms with Crippen molar-refractivity contribution in [3.63, 3.8) is 0 Å². The predicted octanol–water partition coefficient (Wildman–Crippen LogP) is 2.16. The van der Waals surface area contributed by atoms with Crippen molar-refractivity contribution in [2.45, 2.75) is 19.9 Å². The fourth-order valence-corrected chi connectivity index (χ4v) is 2.13. The molecule has 0 aliphatic heterocycles. The molecular formula is C16H20N4O. The van der Waals surface area contributed by atoms with Crippen molar-refractivity contribution < 1.29 is 4.74 Å². The van der Waals surface area contributed by atoms with E-state index in [-0.39, 0.29) is 0 Å². The number of nitrogens with one attached hydrogen (secondary N) is 1. The first-order valence-electron chi connectivity index (χ1n) is 7.03. The molecule has 5 heteroatoms. The molecule has 110 valence electrons. The summed E-state index contributed by atoms with van der Waals surface area (Å²) in [4.78, 5) is 0.